The summed E-state index contributed by atoms with van der Waals surface area (Å²) in [6, 6.07) is 0. The normalized spacial score (nSPS) is 19.5. The van der Waals surface area contributed by atoms with Gasteiger partial charge in [-0.25, -0.2) is 0 Å². The van der Waals surface area contributed by atoms with Crippen LogP contribution in [0.5, 0.6) is 0 Å². The second-order valence-corrected chi connectivity index (χ2v) is 4.21. The lowest BCUT2D eigenvalue weighted by Gasteiger charge is -2.23. The molecule has 0 aromatic heterocycles. The zero-order chi connectivity index (χ0) is 7.61. The molecule has 0 spiro atoms. The Hall–Kier alpha value is -0.0800. The maximum Gasteiger partial charge on any atom is 0.0792 e. The molecule has 0 aromatic carbocycles. The highest BCUT2D eigenvalue weighted by atomic mass is 15.3. The fourth-order valence-corrected chi connectivity index (χ4v) is 1.06. The molecule has 2 heteroatoms. The smallest absolute Gasteiger partial charge is 0.0792 e. The van der Waals surface area contributed by atoms with Crippen LogP contribution in [-0.4, -0.2) is 56.7 Å². The molecule has 0 saturated carbocycles. The summed E-state index contributed by atoms with van der Waals surface area (Å²) < 4.78 is 1.10. The molecule has 0 bridgehead atoms. The number of rotatable bonds is 4. The molecule has 1 heterocycles. The standard InChI is InChI=1S/C8H19N2/c1-10(2,3)8-4-5-9-6-7-9/h4-8H2,1-3H3/q+1. The summed E-state index contributed by atoms with van der Waals surface area (Å²) in [5.74, 6) is 0. The van der Waals surface area contributed by atoms with Gasteiger partial charge in [0, 0.05) is 26.1 Å². The topological polar surface area (TPSA) is 3.01 Å². The van der Waals surface area contributed by atoms with Crippen molar-refractivity contribution in [2.24, 2.45) is 0 Å². The molecule has 0 N–H and O–H groups in total. The second-order valence-electron chi connectivity index (χ2n) is 4.21. The van der Waals surface area contributed by atoms with E-state index in [0.717, 1.165) is 4.48 Å². The van der Waals surface area contributed by atoms with Gasteiger partial charge in [0.2, 0.25) is 0 Å². The SMILES string of the molecule is C[N+](C)(C)CCCN1CC1. The molecule has 1 aliphatic rings. The molecular weight excluding hydrogens is 124 g/mol. The summed E-state index contributed by atoms with van der Waals surface area (Å²) in [6.07, 6.45) is 1.35. The first-order chi connectivity index (χ1) is 4.58. The minimum atomic E-state index is 1.10. The van der Waals surface area contributed by atoms with Gasteiger partial charge in [-0.15, -0.1) is 0 Å². The Morgan fingerprint density at radius 2 is 1.80 bits per heavy atom. The van der Waals surface area contributed by atoms with Crippen molar-refractivity contribution in [2.75, 3.05) is 47.3 Å². The van der Waals surface area contributed by atoms with Crippen LogP contribution in [-0.2, 0) is 0 Å². The highest BCUT2D eigenvalue weighted by molar-refractivity contribution is 4.71. The van der Waals surface area contributed by atoms with Gasteiger partial charge in [-0.3, -0.25) is 0 Å². The third-order valence-corrected chi connectivity index (χ3v) is 1.84. The van der Waals surface area contributed by atoms with E-state index in [9.17, 15) is 0 Å². The molecule has 0 unspecified atom stereocenters. The number of hydrogen-bond donors (Lipinski definition) is 0. The van der Waals surface area contributed by atoms with Crippen LogP contribution in [0.2, 0.25) is 0 Å². The molecule has 1 saturated heterocycles. The zero-order valence-electron chi connectivity index (χ0n) is 7.43. The van der Waals surface area contributed by atoms with E-state index in [4.69, 9.17) is 0 Å². The Balaban J connectivity index is 1.93. The summed E-state index contributed by atoms with van der Waals surface area (Å²) in [4.78, 5) is 2.48. The minimum Gasteiger partial charge on any atom is -0.331 e. The molecule has 0 amide bonds. The van der Waals surface area contributed by atoms with E-state index in [1.165, 1.54) is 32.6 Å². The average Bonchev–Trinajstić information content (AvgIpc) is 2.45. The van der Waals surface area contributed by atoms with Gasteiger partial charge in [-0.05, 0) is 0 Å². The van der Waals surface area contributed by atoms with Gasteiger partial charge in [0.15, 0.2) is 0 Å². The van der Waals surface area contributed by atoms with Crippen molar-refractivity contribution in [3.63, 3.8) is 0 Å². The van der Waals surface area contributed by atoms with E-state index in [1.807, 2.05) is 0 Å². The van der Waals surface area contributed by atoms with Crippen molar-refractivity contribution in [1.82, 2.24) is 4.90 Å². The Labute approximate surface area is 64.0 Å². The third-order valence-electron chi connectivity index (χ3n) is 1.84. The fraction of sp³-hybridized carbons (Fsp3) is 1.00. The van der Waals surface area contributed by atoms with Crippen LogP contribution in [0.15, 0.2) is 0 Å². The largest absolute Gasteiger partial charge is 0.331 e. The van der Waals surface area contributed by atoms with Crippen LogP contribution < -0.4 is 0 Å². The maximum absolute atomic E-state index is 2.48. The van der Waals surface area contributed by atoms with Crippen LogP contribution in [0.1, 0.15) is 6.42 Å². The van der Waals surface area contributed by atoms with Crippen LogP contribution in [0.3, 0.4) is 0 Å². The van der Waals surface area contributed by atoms with Gasteiger partial charge in [-0.2, -0.15) is 0 Å². The van der Waals surface area contributed by atoms with Gasteiger partial charge in [0.05, 0.1) is 27.7 Å². The lowest BCUT2D eigenvalue weighted by molar-refractivity contribution is -0.870. The van der Waals surface area contributed by atoms with Crippen molar-refractivity contribution in [1.29, 1.82) is 0 Å². The maximum atomic E-state index is 2.48. The van der Waals surface area contributed by atoms with Crippen LogP contribution >= 0.6 is 0 Å². The Kier molecular flexibility index (Phi) is 2.32. The van der Waals surface area contributed by atoms with Crippen molar-refractivity contribution in [3.8, 4) is 0 Å². The predicted octanol–water partition coefficient (Wildman–Crippen LogP) is 0.398. The van der Waals surface area contributed by atoms with E-state index in [1.54, 1.807) is 0 Å². The highest BCUT2D eigenvalue weighted by Crippen LogP contribution is 2.04. The molecular formula is C8H19N2+. The van der Waals surface area contributed by atoms with Crippen molar-refractivity contribution in [2.45, 2.75) is 6.42 Å². The van der Waals surface area contributed by atoms with Crippen molar-refractivity contribution >= 4 is 0 Å². The first-order valence-electron chi connectivity index (χ1n) is 4.11. The average molecular weight is 143 g/mol. The minimum absolute atomic E-state index is 1.10. The van der Waals surface area contributed by atoms with E-state index < -0.39 is 0 Å². The number of quaternary nitrogens is 1. The molecule has 1 fully saturated rings. The fourth-order valence-electron chi connectivity index (χ4n) is 1.06. The molecule has 0 aromatic rings. The third kappa shape index (κ3) is 3.85. The predicted molar refractivity (Wildman–Crippen MR) is 44.0 cm³/mol. The van der Waals surface area contributed by atoms with Gasteiger partial charge < -0.3 is 9.38 Å². The summed E-state index contributed by atoms with van der Waals surface area (Å²) in [7, 11) is 6.76. The van der Waals surface area contributed by atoms with Crippen molar-refractivity contribution in [3.05, 3.63) is 0 Å². The Morgan fingerprint density at radius 1 is 1.20 bits per heavy atom. The number of hydrogen-bond acceptors (Lipinski definition) is 1. The highest BCUT2D eigenvalue weighted by Gasteiger charge is 2.17. The van der Waals surface area contributed by atoms with Gasteiger partial charge >= 0.3 is 0 Å². The number of nitrogens with zero attached hydrogens (tertiary/aromatic N) is 2. The van der Waals surface area contributed by atoms with Gasteiger partial charge in [-0.1, -0.05) is 0 Å². The van der Waals surface area contributed by atoms with Gasteiger partial charge in [0.1, 0.15) is 0 Å². The molecule has 1 rings (SSSR count). The summed E-state index contributed by atoms with van der Waals surface area (Å²) in [6.45, 7) is 5.31. The van der Waals surface area contributed by atoms with Crippen LogP contribution in [0.4, 0.5) is 0 Å². The van der Waals surface area contributed by atoms with Gasteiger partial charge in [0.25, 0.3) is 0 Å². The lowest BCUT2D eigenvalue weighted by Crippen LogP contribution is -2.36. The zero-order valence-corrected chi connectivity index (χ0v) is 7.43. The molecule has 1 aliphatic heterocycles. The molecule has 0 aliphatic carbocycles. The summed E-state index contributed by atoms with van der Waals surface area (Å²) in [5.41, 5.74) is 0. The van der Waals surface area contributed by atoms with Crippen molar-refractivity contribution < 1.29 is 4.48 Å². The molecule has 10 heavy (non-hydrogen) atoms. The Bertz CT molecular complexity index is 100. The molecule has 0 atom stereocenters. The molecule has 60 valence electrons. The summed E-state index contributed by atoms with van der Waals surface area (Å²) in [5, 5.41) is 0. The van der Waals surface area contributed by atoms with E-state index in [0.29, 0.717) is 0 Å². The van der Waals surface area contributed by atoms with Crippen LogP contribution in [0.25, 0.3) is 0 Å². The van der Waals surface area contributed by atoms with E-state index in [-0.39, 0.29) is 0 Å². The summed E-state index contributed by atoms with van der Waals surface area (Å²) >= 11 is 0. The monoisotopic (exact) mass is 143 g/mol. The molecule has 2 nitrogen and oxygen atoms in total. The first-order valence-corrected chi connectivity index (χ1v) is 4.11. The Morgan fingerprint density at radius 3 is 2.20 bits per heavy atom. The quantitative estimate of drug-likeness (QED) is 0.406. The van der Waals surface area contributed by atoms with E-state index in [2.05, 4.69) is 26.0 Å². The second kappa shape index (κ2) is 2.89. The van der Waals surface area contributed by atoms with Crippen LogP contribution in [0, 0.1) is 0 Å². The lowest BCUT2D eigenvalue weighted by atomic mass is 10.4. The first kappa shape index (κ1) is 8.02. The van der Waals surface area contributed by atoms with E-state index >= 15 is 0 Å². The molecule has 0 radical (unpaired) electrons.